The lowest BCUT2D eigenvalue weighted by molar-refractivity contribution is -0.142. The summed E-state index contributed by atoms with van der Waals surface area (Å²) in [6.45, 7) is 14.3. The van der Waals surface area contributed by atoms with Gasteiger partial charge in [0.15, 0.2) is 6.61 Å². The summed E-state index contributed by atoms with van der Waals surface area (Å²) in [5.41, 5.74) is 3.06. The van der Waals surface area contributed by atoms with Gasteiger partial charge in [-0.2, -0.15) is 0 Å². The molecule has 0 saturated heterocycles. The van der Waals surface area contributed by atoms with Gasteiger partial charge in [0, 0.05) is 12.6 Å². The van der Waals surface area contributed by atoms with Crippen LogP contribution >= 0.6 is 0 Å². The van der Waals surface area contributed by atoms with Crippen molar-refractivity contribution in [3.05, 3.63) is 65.2 Å². The van der Waals surface area contributed by atoms with E-state index in [0.717, 1.165) is 23.1 Å². The molecule has 0 radical (unpaired) electrons. The molecule has 2 rings (SSSR count). The van der Waals surface area contributed by atoms with E-state index in [1.807, 2.05) is 69.3 Å². The Morgan fingerprint density at radius 3 is 2.25 bits per heavy atom. The average molecular weight is 439 g/mol. The Morgan fingerprint density at radius 2 is 1.66 bits per heavy atom. The van der Waals surface area contributed by atoms with Crippen molar-refractivity contribution in [2.24, 2.45) is 0 Å². The van der Waals surface area contributed by atoms with Gasteiger partial charge in [-0.25, -0.2) is 0 Å². The van der Waals surface area contributed by atoms with Gasteiger partial charge in [0.05, 0.1) is 0 Å². The van der Waals surface area contributed by atoms with Gasteiger partial charge in [0.25, 0.3) is 5.91 Å². The maximum atomic E-state index is 13.3. The smallest absolute Gasteiger partial charge is 0.261 e. The number of para-hydroxylation sites is 1. The molecule has 0 aliphatic rings. The predicted octanol–water partition coefficient (Wildman–Crippen LogP) is 5.00. The monoisotopic (exact) mass is 438 g/mol. The first-order valence-electron chi connectivity index (χ1n) is 11.4. The minimum atomic E-state index is -0.612. The summed E-state index contributed by atoms with van der Waals surface area (Å²) >= 11 is 0. The Bertz CT molecular complexity index is 900. The Labute approximate surface area is 193 Å². The number of carbonyl (C=O) groups excluding carboxylic acids is 2. The molecule has 2 amide bonds. The second-order valence-electron chi connectivity index (χ2n) is 9.54. The zero-order chi connectivity index (χ0) is 23.9. The molecule has 2 aromatic rings. The van der Waals surface area contributed by atoms with Gasteiger partial charge in [0.1, 0.15) is 11.8 Å². The molecule has 0 aromatic heterocycles. The van der Waals surface area contributed by atoms with Crippen LogP contribution in [0, 0.1) is 6.92 Å². The summed E-state index contributed by atoms with van der Waals surface area (Å²) in [6, 6.07) is 15.2. The zero-order valence-corrected chi connectivity index (χ0v) is 20.6. The zero-order valence-electron chi connectivity index (χ0n) is 20.6. The highest BCUT2D eigenvalue weighted by atomic mass is 16.5. The number of aryl methyl sites for hydroxylation is 1. The molecular formula is C27H38N2O3. The second kappa shape index (κ2) is 11.2. The fraction of sp³-hybridized carbons (Fsp3) is 0.481. The third-order valence-electron chi connectivity index (χ3n) is 5.69. The van der Waals surface area contributed by atoms with Crippen LogP contribution in [0.1, 0.15) is 64.7 Å². The summed E-state index contributed by atoms with van der Waals surface area (Å²) in [5.74, 6) is 0.316. The minimum absolute atomic E-state index is 0.0520. The van der Waals surface area contributed by atoms with Crippen LogP contribution in [0.5, 0.6) is 5.75 Å². The average Bonchev–Trinajstić information content (AvgIpc) is 2.76. The lowest BCUT2D eigenvalue weighted by atomic mass is 9.86. The van der Waals surface area contributed by atoms with E-state index in [9.17, 15) is 9.59 Å². The van der Waals surface area contributed by atoms with E-state index in [4.69, 9.17) is 4.74 Å². The van der Waals surface area contributed by atoms with Crippen LogP contribution in [-0.4, -0.2) is 35.4 Å². The van der Waals surface area contributed by atoms with Gasteiger partial charge < -0.3 is 15.0 Å². The van der Waals surface area contributed by atoms with Gasteiger partial charge in [0.2, 0.25) is 5.91 Å². The number of ether oxygens (including phenoxy) is 1. The van der Waals surface area contributed by atoms with E-state index in [0.29, 0.717) is 12.3 Å². The first kappa shape index (κ1) is 25.4. The summed E-state index contributed by atoms with van der Waals surface area (Å²) < 4.78 is 5.97. The number of hydrogen-bond donors (Lipinski definition) is 1. The van der Waals surface area contributed by atoms with Gasteiger partial charge in [-0.05, 0) is 49.8 Å². The van der Waals surface area contributed by atoms with Crippen LogP contribution in [0.3, 0.4) is 0 Å². The van der Waals surface area contributed by atoms with E-state index in [1.54, 1.807) is 11.8 Å². The Hall–Kier alpha value is -2.82. The van der Waals surface area contributed by atoms with Crippen LogP contribution in [0.4, 0.5) is 0 Å². The molecule has 0 unspecified atom stereocenters. The quantitative estimate of drug-likeness (QED) is 0.599. The topological polar surface area (TPSA) is 58.6 Å². The summed E-state index contributed by atoms with van der Waals surface area (Å²) in [5, 5.41) is 2.99. The first-order chi connectivity index (χ1) is 15.0. The maximum absolute atomic E-state index is 13.3. The summed E-state index contributed by atoms with van der Waals surface area (Å²) in [7, 11) is 0. The highest BCUT2D eigenvalue weighted by molar-refractivity contribution is 5.88. The SMILES string of the molecule is CC[C@H](C)NC(=O)[C@@H](C)N(Cc1ccc(C)cc1)C(=O)COc1ccccc1C(C)(C)C. The van der Waals surface area contributed by atoms with Crippen molar-refractivity contribution in [2.45, 2.75) is 78.9 Å². The molecule has 0 fully saturated rings. The molecule has 174 valence electrons. The first-order valence-corrected chi connectivity index (χ1v) is 11.4. The van der Waals surface area contributed by atoms with Crippen LogP contribution in [0.25, 0.3) is 0 Å². The number of rotatable bonds is 9. The van der Waals surface area contributed by atoms with E-state index in [2.05, 4.69) is 26.1 Å². The van der Waals surface area contributed by atoms with Gasteiger partial charge in [-0.15, -0.1) is 0 Å². The number of nitrogens with one attached hydrogen (secondary N) is 1. The van der Waals surface area contributed by atoms with Gasteiger partial charge >= 0.3 is 0 Å². The van der Waals surface area contributed by atoms with E-state index < -0.39 is 6.04 Å². The van der Waals surface area contributed by atoms with Crippen molar-refractivity contribution < 1.29 is 14.3 Å². The minimum Gasteiger partial charge on any atom is -0.483 e. The fourth-order valence-electron chi connectivity index (χ4n) is 3.37. The Balaban J connectivity index is 2.21. The van der Waals surface area contributed by atoms with Crippen molar-refractivity contribution in [1.82, 2.24) is 10.2 Å². The Morgan fingerprint density at radius 1 is 1.03 bits per heavy atom. The van der Waals surface area contributed by atoms with Crippen molar-refractivity contribution in [3.8, 4) is 5.75 Å². The molecule has 5 heteroatoms. The van der Waals surface area contributed by atoms with Crippen molar-refractivity contribution in [3.63, 3.8) is 0 Å². The molecule has 5 nitrogen and oxygen atoms in total. The molecule has 0 aliphatic heterocycles. The van der Waals surface area contributed by atoms with Gasteiger partial charge in [-0.3, -0.25) is 9.59 Å². The van der Waals surface area contributed by atoms with Gasteiger partial charge in [-0.1, -0.05) is 75.7 Å². The largest absolute Gasteiger partial charge is 0.483 e. The number of carbonyl (C=O) groups is 2. The molecule has 0 saturated carbocycles. The lowest BCUT2D eigenvalue weighted by Gasteiger charge is -2.30. The van der Waals surface area contributed by atoms with E-state index in [1.165, 1.54) is 0 Å². The molecule has 0 bridgehead atoms. The van der Waals surface area contributed by atoms with E-state index >= 15 is 0 Å². The predicted molar refractivity (Wildman–Crippen MR) is 130 cm³/mol. The van der Waals surface area contributed by atoms with Crippen molar-refractivity contribution in [2.75, 3.05) is 6.61 Å². The standard InChI is InChI=1S/C27H38N2O3/c1-8-20(3)28-26(31)21(4)29(17-22-15-13-19(2)14-16-22)25(30)18-32-24-12-10-9-11-23(24)27(5,6)7/h9-16,20-21H,8,17-18H2,1-7H3,(H,28,31)/t20-,21+/m0/s1. The number of amides is 2. The maximum Gasteiger partial charge on any atom is 0.261 e. The highest BCUT2D eigenvalue weighted by Gasteiger charge is 2.28. The number of hydrogen-bond acceptors (Lipinski definition) is 3. The van der Waals surface area contributed by atoms with Crippen molar-refractivity contribution in [1.29, 1.82) is 0 Å². The van der Waals surface area contributed by atoms with Crippen LogP contribution < -0.4 is 10.1 Å². The molecule has 32 heavy (non-hydrogen) atoms. The molecular weight excluding hydrogens is 400 g/mol. The fourth-order valence-corrected chi connectivity index (χ4v) is 3.37. The highest BCUT2D eigenvalue weighted by Crippen LogP contribution is 2.31. The normalized spacial score (nSPS) is 13.2. The third-order valence-corrected chi connectivity index (χ3v) is 5.69. The van der Waals surface area contributed by atoms with Crippen LogP contribution in [0.2, 0.25) is 0 Å². The molecule has 0 aliphatic carbocycles. The number of benzene rings is 2. The Kier molecular flexibility index (Phi) is 8.88. The lowest BCUT2D eigenvalue weighted by Crippen LogP contribution is -2.50. The molecule has 1 N–H and O–H groups in total. The van der Waals surface area contributed by atoms with Crippen LogP contribution in [-0.2, 0) is 21.5 Å². The van der Waals surface area contributed by atoms with Crippen LogP contribution in [0.15, 0.2) is 48.5 Å². The van der Waals surface area contributed by atoms with Crippen molar-refractivity contribution >= 4 is 11.8 Å². The van der Waals surface area contributed by atoms with E-state index in [-0.39, 0.29) is 29.9 Å². The molecule has 0 heterocycles. The molecule has 0 spiro atoms. The summed E-state index contributed by atoms with van der Waals surface area (Å²) in [6.07, 6.45) is 0.830. The third kappa shape index (κ3) is 7.11. The molecule has 2 atom stereocenters. The molecule has 2 aromatic carbocycles. The number of nitrogens with zero attached hydrogens (tertiary/aromatic N) is 1. The second-order valence-corrected chi connectivity index (χ2v) is 9.54. The summed E-state index contributed by atoms with van der Waals surface area (Å²) in [4.78, 5) is 27.7.